The molecule has 2 saturated heterocycles. The average Bonchev–Trinajstić information content (AvgIpc) is 3.52. The fraction of sp³-hybridized carbons (Fsp3) is 0.524. The Morgan fingerprint density at radius 1 is 1.07 bits per heavy atom. The number of aromatic nitrogens is 1. The minimum atomic E-state index is 0.124. The molecule has 1 aromatic heterocycles. The molecule has 1 aromatic carbocycles. The molecule has 1 aliphatic carbocycles. The van der Waals surface area contributed by atoms with Gasteiger partial charge >= 0.3 is 0 Å². The molecule has 0 unspecified atom stereocenters. The number of amides is 1. The summed E-state index contributed by atoms with van der Waals surface area (Å²) >= 11 is 1.72. The number of rotatable bonds is 4. The second-order valence-corrected chi connectivity index (χ2v) is 8.95. The van der Waals surface area contributed by atoms with Gasteiger partial charge in [-0.15, -0.1) is 0 Å². The van der Waals surface area contributed by atoms with Gasteiger partial charge in [-0.2, -0.15) is 0 Å². The van der Waals surface area contributed by atoms with E-state index in [-0.39, 0.29) is 5.91 Å². The summed E-state index contributed by atoms with van der Waals surface area (Å²) in [5.74, 6) is 0.124. The van der Waals surface area contributed by atoms with E-state index in [1.807, 2.05) is 29.3 Å². The number of carbonyl (C=O) groups is 1. The Hall–Kier alpha value is -2.12. The number of thiazole rings is 1. The van der Waals surface area contributed by atoms with Crippen molar-refractivity contribution in [2.75, 3.05) is 57.3 Å². The zero-order valence-corrected chi connectivity index (χ0v) is 17.0. The highest BCUT2D eigenvalue weighted by molar-refractivity contribution is 7.22. The van der Waals surface area contributed by atoms with Crippen molar-refractivity contribution in [1.29, 1.82) is 0 Å². The summed E-state index contributed by atoms with van der Waals surface area (Å²) in [6.07, 6.45) is 4.61. The molecule has 5 rings (SSSR count). The molecule has 0 radical (unpaired) electrons. The van der Waals surface area contributed by atoms with Crippen molar-refractivity contribution in [3.8, 4) is 0 Å². The van der Waals surface area contributed by atoms with Gasteiger partial charge in [-0.3, -0.25) is 9.69 Å². The van der Waals surface area contributed by atoms with Crippen LogP contribution in [0.4, 0.5) is 5.13 Å². The van der Waals surface area contributed by atoms with Crippen LogP contribution in [-0.4, -0.2) is 84.0 Å². The van der Waals surface area contributed by atoms with Gasteiger partial charge in [-0.25, -0.2) is 4.98 Å². The molecule has 0 atom stereocenters. The zero-order valence-electron chi connectivity index (χ0n) is 16.2. The first kappa shape index (κ1) is 17.9. The van der Waals surface area contributed by atoms with E-state index in [0.29, 0.717) is 0 Å². The zero-order chi connectivity index (χ0) is 19.1. The Kier molecular flexibility index (Phi) is 4.72. The summed E-state index contributed by atoms with van der Waals surface area (Å²) in [7, 11) is 0. The summed E-state index contributed by atoms with van der Waals surface area (Å²) in [5, 5.41) is 1.09. The van der Waals surface area contributed by atoms with Crippen molar-refractivity contribution in [1.82, 2.24) is 19.7 Å². The number of hydrogen-bond acceptors (Lipinski definition) is 6. The lowest BCUT2D eigenvalue weighted by atomic mass is 10.1. The predicted molar refractivity (Wildman–Crippen MR) is 114 cm³/mol. The molecule has 1 saturated carbocycles. The lowest BCUT2D eigenvalue weighted by molar-refractivity contribution is 0.0680. The predicted octanol–water partition coefficient (Wildman–Crippen LogP) is 2.48. The van der Waals surface area contributed by atoms with Crippen molar-refractivity contribution in [2.24, 2.45) is 0 Å². The van der Waals surface area contributed by atoms with E-state index >= 15 is 0 Å². The Morgan fingerprint density at radius 3 is 2.50 bits per heavy atom. The van der Waals surface area contributed by atoms with Gasteiger partial charge < -0.3 is 14.7 Å². The molecule has 0 N–H and O–H groups in total. The van der Waals surface area contributed by atoms with Gasteiger partial charge in [0.15, 0.2) is 5.13 Å². The lowest BCUT2D eigenvalue weighted by Gasteiger charge is -2.34. The molecular weight excluding hydrogens is 370 g/mol. The molecule has 7 heteroatoms. The van der Waals surface area contributed by atoms with Gasteiger partial charge in [-0.1, -0.05) is 17.9 Å². The largest absolute Gasteiger partial charge is 0.374 e. The second kappa shape index (κ2) is 7.37. The molecule has 3 fully saturated rings. The number of fused-ring (bicyclic) bond motifs is 1. The van der Waals surface area contributed by atoms with Crippen LogP contribution >= 0.6 is 11.3 Å². The Bertz CT molecular complexity index is 876. The summed E-state index contributed by atoms with van der Waals surface area (Å²) in [4.78, 5) is 26.9. The maximum absolute atomic E-state index is 12.9. The van der Waals surface area contributed by atoms with Crippen molar-refractivity contribution in [2.45, 2.75) is 18.9 Å². The molecule has 0 bridgehead atoms. The topological polar surface area (TPSA) is 42.9 Å². The van der Waals surface area contributed by atoms with Gasteiger partial charge in [0.2, 0.25) is 0 Å². The van der Waals surface area contributed by atoms with Crippen molar-refractivity contribution in [3.63, 3.8) is 0 Å². The van der Waals surface area contributed by atoms with Crippen LogP contribution < -0.4 is 4.90 Å². The van der Waals surface area contributed by atoms with Gasteiger partial charge in [0.25, 0.3) is 5.91 Å². The number of carbonyl (C=O) groups excluding carboxylic acids is 1. The van der Waals surface area contributed by atoms with E-state index in [1.54, 1.807) is 11.3 Å². The Balaban J connectivity index is 1.28. The van der Waals surface area contributed by atoms with E-state index in [1.165, 1.54) is 12.8 Å². The molecule has 148 valence electrons. The van der Waals surface area contributed by atoms with Gasteiger partial charge in [0.05, 0.1) is 10.2 Å². The Morgan fingerprint density at radius 2 is 1.82 bits per heavy atom. The molecule has 2 aromatic rings. The number of hydrogen-bond donors (Lipinski definition) is 0. The molecule has 3 aliphatic rings. The van der Waals surface area contributed by atoms with E-state index in [4.69, 9.17) is 4.98 Å². The molecule has 1 amide bonds. The maximum Gasteiger partial charge on any atom is 0.254 e. The SMILES string of the molecule is C=CN1CCN(C(=O)c2ccc3nc(N4CCN(C5CC5)CC4)sc3c2)CC1. The third-order valence-electron chi connectivity index (χ3n) is 6.13. The van der Waals surface area contributed by atoms with E-state index in [9.17, 15) is 4.79 Å². The first-order valence-electron chi connectivity index (χ1n) is 10.3. The third kappa shape index (κ3) is 3.49. The van der Waals surface area contributed by atoms with Gasteiger partial charge in [-0.05, 0) is 37.2 Å². The molecule has 2 aliphatic heterocycles. The molecule has 6 nitrogen and oxygen atoms in total. The van der Waals surface area contributed by atoms with E-state index in [2.05, 4.69) is 21.3 Å². The summed E-state index contributed by atoms with van der Waals surface area (Å²) in [6, 6.07) is 6.81. The molecule has 3 heterocycles. The van der Waals surface area contributed by atoms with Gasteiger partial charge in [0.1, 0.15) is 0 Å². The van der Waals surface area contributed by atoms with Crippen LogP contribution in [0.3, 0.4) is 0 Å². The first-order valence-corrected chi connectivity index (χ1v) is 11.1. The summed E-state index contributed by atoms with van der Waals surface area (Å²) < 4.78 is 1.11. The van der Waals surface area contributed by atoms with Gasteiger partial charge in [0, 0.05) is 64.0 Å². The van der Waals surface area contributed by atoms with Crippen molar-refractivity contribution >= 4 is 32.6 Å². The smallest absolute Gasteiger partial charge is 0.254 e. The van der Waals surface area contributed by atoms with Crippen molar-refractivity contribution in [3.05, 3.63) is 36.5 Å². The fourth-order valence-corrected chi connectivity index (χ4v) is 5.25. The number of anilines is 1. The average molecular weight is 398 g/mol. The Labute approximate surface area is 170 Å². The van der Waals surface area contributed by atoms with Crippen LogP contribution in [0.25, 0.3) is 10.2 Å². The van der Waals surface area contributed by atoms with Crippen LogP contribution in [0.5, 0.6) is 0 Å². The number of piperazine rings is 2. The minimum absolute atomic E-state index is 0.124. The highest BCUT2D eigenvalue weighted by Crippen LogP contribution is 2.32. The lowest BCUT2D eigenvalue weighted by Crippen LogP contribution is -2.47. The summed E-state index contributed by atoms with van der Waals surface area (Å²) in [6.45, 7) is 11.4. The quantitative estimate of drug-likeness (QED) is 0.793. The van der Waals surface area contributed by atoms with Crippen LogP contribution in [0.1, 0.15) is 23.2 Å². The molecule has 0 spiro atoms. The highest BCUT2D eigenvalue weighted by Gasteiger charge is 2.31. The van der Waals surface area contributed by atoms with Crippen LogP contribution in [0.2, 0.25) is 0 Å². The van der Waals surface area contributed by atoms with Crippen LogP contribution in [-0.2, 0) is 0 Å². The standard InChI is InChI=1S/C21H27N5OS/c1-2-23-7-9-25(10-8-23)20(27)16-3-6-18-19(15-16)28-21(22-18)26-13-11-24(12-14-26)17-4-5-17/h2-3,6,15,17H,1,4-5,7-14H2. The normalized spacial score (nSPS) is 21.4. The highest BCUT2D eigenvalue weighted by atomic mass is 32.1. The van der Waals surface area contributed by atoms with Crippen LogP contribution in [0.15, 0.2) is 31.0 Å². The third-order valence-corrected chi connectivity index (χ3v) is 7.21. The fourth-order valence-electron chi connectivity index (χ4n) is 4.19. The summed E-state index contributed by atoms with van der Waals surface area (Å²) in [5.41, 5.74) is 1.77. The maximum atomic E-state index is 12.9. The first-order chi connectivity index (χ1) is 13.7. The monoisotopic (exact) mass is 397 g/mol. The van der Waals surface area contributed by atoms with E-state index < -0.39 is 0 Å². The molecule has 28 heavy (non-hydrogen) atoms. The number of benzene rings is 1. The number of nitrogens with zero attached hydrogens (tertiary/aromatic N) is 5. The van der Waals surface area contributed by atoms with Crippen molar-refractivity contribution < 1.29 is 4.79 Å². The second-order valence-electron chi connectivity index (χ2n) is 7.94. The van der Waals surface area contributed by atoms with E-state index in [0.717, 1.165) is 79.3 Å². The molecular formula is C21H27N5OS. The van der Waals surface area contributed by atoms with Crippen LogP contribution in [0, 0.1) is 0 Å². The minimum Gasteiger partial charge on any atom is -0.374 e.